The Bertz CT molecular complexity index is 267. The number of piperidine rings is 1. The van der Waals surface area contributed by atoms with Gasteiger partial charge in [-0.3, -0.25) is 4.90 Å². The molecule has 1 unspecified atom stereocenters. The maximum atomic E-state index is 5.09. The molecule has 0 saturated carbocycles. The number of hydrogen-bond acceptors (Lipinski definition) is 4. The zero-order chi connectivity index (χ0) is 10.5. The van der Waals surface area contributed by atoms with E-state index in [1.54, 1.807) is 6.20 Å². The fourth-order valence-electron chi connectivity index (χ4n) is 2.17. The molecular formula is C11H19N3O. The van der Waals surface area contributed by atoms with Gasteiger partial charge in [0.05, 0.1) is 12.7 Å². The number of aromatic nitrogens is 1. The lowest BCUT2D eigenvalue weighted by Gasteiger charge is -2.26. The average Bonchev–Trinajstić information content (AvgIpc) is 2.71. The highest BCUT2D eigenvalue weighted by molar-refractivity contribution is 4.92. The molecule has 15 heavy (non-hydrogen) atoms. The lowest BCUT2D eigenvalue weighted by atomic mass is 9.99. The molecule has 4 heteroatoms. The maximum absolute atomic E-state index is 5.09. The monoisotopic (exact) mass is 209 g/mol. The van der Waals surface area contributed by atoms with Gasteiger partial charge in [0.25, 0.3) is 0 Å². The van der Waals surface area contributed by atoms with E-state index in [0.29, 0.717) is 0 Å². The largest absolute Gasteiger partial charge is 0.360 e. The molecule has 0 bridgehead atoms. The topological polar surface area (TPSA) is 41.3 Å². The molecule has 1 N–H and O–H groups in total. The van der Waals surface area contributed by atoms with E-state index in [0.717, 1.165) is 31.3 Å². The SMILES string of the molecule is CN(Cc1ccno1)CC1CCCNC1. The van der Waals surface area contributed by atoms with Crippen molar-refractivity contribution in [3.63, 3.8) is 0 Å². The standard InChI is InChI=1S/C11H19N3O/c1-14(9-11-4-6-13-15-11)8-10-3-2-5-12-7-10/h4,6,10,12H,2-3,5,7-9H2,1H3. The van der Waals surface area contributed by atoms with Gasteiger partial charge in [0.2, 0.25) is 0 Å². The third-order valence-corrected chi connectivity index (χ3v) is 2.89. The summed E-state index contributed by atoms with van der Waals surface area (Å²) in [7, 11) is 2.14. The van der Waals surface area contributed by atoms with E-state index in [-0.39, 0.29) is 0 Å². The Morgan fingerprint density at radius 1 is 1.67 bits per heavy atom. The van der Waals surface area contributed by atoms with E-state index < -0.39 is 0 Å². The molecule has 0 radical (unpaired) electrons. The smallest absolute Gasteiger partial charge is 0.150 e. The molecule has 2 rings (SSSR count). The third kappa shape index (κ3) is 3.32. The zero-order valence-electron chi connectivity index (χ0n) is 9.28. The molecule has 1 aromatic rings. The van der Waals surface area contributed by atoms with E-state index in [1.165, 1.54) is 19.4 Å². The fourth-order valence-corrected chi connectivity index (χ4v) is 2.17. The Balaban J connectivity index is 1.74. The summed E-state index contributed by atoms with van der Waals surface area (Å²) >= 11 is 0. The van der Waals surface area contributed by atoms with Gasteiger partial charge >= 0.3 is 0 Å². The summed E-state index contributed by atoms with van der Waals surface area (Å²) in [4.78, 5) is 2.30. The predicted molar refractivity (Wildman–Crippen MR) is 58.4 cm³/mol. The van der Waals surface area contributed by atoms with Crippen LogP contribution in [0.5, 0.6) is 0 Å². The molecular weight excluding hydrogens is 190 g/mol. The predicted octanol–water partition coefficient (Wildman–Crippen LogP) is 1.11. The van der Waals surface area contributed by atoms with Gasteiger partial charge in [-0.25, -0.2) is 0 Å². The second-order valence-electron chi connectivity index (χ2n) is 4.39. The van der Waals surface area contributed by atoms with Crippen molar-refractivity contribution in [3.05, 3.63) is 18.0 Å². The van der Waals surface area contributed by atoms with Gasteiger partial charge in [0.1, 0.15) is 0 Å². The van der Waals surface area contributed by atoms with E-state index >= 15 is 0 Å². The molecule has 0 aromatic carbocycles. The van der Waals surface area contributed by atoms with Crippen LogP contribution in [0.1, 0.15) is 18.6 Å². The molecule has 1 fully saturated rings. The molecule has 1 atom stereocenters. The third-order valence-electron chi connectivity index (χ3n) is 2.89. The molecule has 0 spiro atoms. The molecule has 0 aliphatic carbocycles. The lowest BCUT2D eigenvalue weighted by molar-refractivity contribution is 0.216. The number of hydrogen-bond donors (Lipinski definition) is 1. The Labute approximate surface area is 90.6 Å². The molecule has 84 valence electrons. The summed E-state index contributed by atoms with van der Waals surface area (Å²) in [6.45, 7) is 4.33. The molecule has 4 nitrogen and oxygen atoms in total. The molecule has 1 saturated heterocycles. The number of nitrogens with one attached hydrogen (secondary N) is 1. The maximum Gasteiger partial charge on any atom is 0.150 e. The highest BCUT2D eigenvalue weighted by atomic mass is 16.5. The minimum atomic E-state index is 0.784. The van der Waals surface area contributed by atoms with Crippen LogP contribution in [0.25, 0.3) is 0 Å². The fraction of sp³-hybridized carbons (Fsp3) is 0.727. The van der Waals surface area contributed by atoms with Crippen molar-refractivity contribution in [2.75, 3.05) is 26.7 Å². The second-order valence-corrected chi connectivity index (χ2v) is 4.39. The molecule has 2 heterocycles. The van der Waals surface area contributed by atoms with Crippen molar-refractivity contribution >= 4 is 0 Å². The summed E-state index contributed by atoms with van der Waals surface area (Å²) < 4.78 is 5.09. The van der Waals surface area contributed by atoms with Gasteiger partial charge in [-0.05, 0) is 38.9 Å². The van der Waals surface area contributed by atoms with Gasteiger partial charge in [-0.2, -0.15) is 0 Å². The summed E-state index contributed by atoms with van der Waals surface area (Å²) in [5.74, 6) is 1.73. The van der Waals surface area contributed by atoms with Crippen LogP contribution >= 0.6 is 0 Å². The van der Waals surface area contributed by atoms with Crippen molar-refractivity contribution in [1.29, 1.82) is 0 Å². The van der Waals surface area contributed by atoms with Gasteiger partial charge < -0.3 is 9.84 Å². The Hall–Kier alpha value is -0.870. The quantitative estimate of drug-likeness (QED) is 0.806. The highest BCUT2D eigenvalue weighted by Gasteiger charge is 2.15. The van der Waals surface area contributed by atoms with Crippen LogP contribution in [0.2, 0.25) is 0 Å². The lowest BCUT2D eigenvalue weighted by Crippen LogP contribution is -2.36. The van der Waals surface area contributed by atoms with Crippen LogP contribution in [0.3, 0.4) is 0 Å². The highest BCUT2D eigenvalue weighted by Crippen LogP contribution is 2.12. The van der Waals surface area contributed by atoms with Gasteiger partial charge in [-0.15, -0.1) is 0 Å². The summed E-state index contributed by atoms with van der Waals surface area (Å²) in [5, 5.41) is 7.14. The summed E-state index contributed by atoms with van der Waals surface area (Å²) in [6.07, 6.45) is 4.35. The zero-order valence-corrected chi connectivity index (χ0v) is 9.28. The minimum absolute atomic E-state index is 0.784. The normalized spacial score (nSPS) is 22.1. The van der Waals surface area contributed by atoms with E-state index in [1.807, 2.05) is 6.07 Å². The Kier molecular flexibility index (Phi) is 3.75. The summed E-state index contributed by atoms with van der Waals surface area (Å²) in [6, 6.07) is 1.93. The van der Waals surface area contributed by atoms with Crippen LogP contribution in [0.4, 0.5) is 0 Å². The van der Waals surface area contributed by atoms with Gasteiger partial charge in [-0.1, -0.05) is 5.16 Å². The van der Waals surface area contributed by atoms with Gasteiger partial charge in [0.15, 0.2) is 5.76 Å². The van der Waals surface area contributed by atoms with Crippen molar-refractivity contribution in [2.45, 2.75) is 19.4 Å². The first-order chi connectivity index (χ1) is 7.34. The van der Waals surface area contributed by atoms with Crippen molar-refractivity contribution in [1.82, 2.24) is 15.4 Å². The van der Waals surface area contributed by atoms with Crippen LogP contribution < -0.4 is 5.32 Å². The molecule has 1 aromatic heterocycles. The van der Waals surface area contributed by atoms with E-state index in [4.69, 9.17) is 4.52 Å². The Morgan fingerprint density at radius 2 is 2.60 bits per heavy atom. The summed E-state index contributed by atoms with van der Waals surface area (Å²) in [5.41, 5.74) is 0. The van der Waals surface area contributed by atoms with Crippen molar-refractivity contribution < 1.29 is 4.52 Å². The Morgan fingerprint density at radius 3 is 3.27 bits per heavy atom. The first kappa shape index (κ1) is 10.6. The van der Waals surface area contributed by atoms with Crippen LogP contribution in [0, 0.1) is 5.92 Å². The van der Waals surface area contributed by atoms with Crippen molar-refractivity contribution in [3.8, 4) is 0 Å². The van der Waals surface area contributed by atoms with Crippen molar-refractivity contribution in [2.24, 2.45) is 5.92 Å². The first-order valence-electron chi connectivity index (χ1n) is 5.63. The average molecular weight is 209 g/mol. The second kappa shape index (κ2) is 5.28. The van der Waals surface area contributed by atoms with Gasteiger partial charge in [0, 0.05) is 12.6 Å². The number of rotatable bonds is 4. The van der Waals surface area contributed by atoms with Crippen LogP contribution in [-0.4, -0.2) is 36.7 Å². The van der Waals surface area contributed by atoms with Crippen LogP contribution in [-0.2, 0) is 6.54 Å². The first-order valence-corrected chi connectivity index (χ1v) is 5.63. The minimum Gasteiger partial charge on any atom is -0.360 e. The molecule has 1 aliphatic rings. The number of nitrogens with zero attached hydrogens (tertiary/aromatic N) is 2. The molecule has 0 amide bonds. The molecule has 1 aliphatic heterocycles. The van der Waals surface area contributed by atoms with E-state index in [2.05, 4.69) is 22.4 Å². The van der Waals surface area contributed by atoms with E-state index in [9.17, 15) is 0 Å². The van der Waals surface area contributed by atoms with Crippen LogP contribution in [0.15, 0.2) is 16.8 Å².